The van der Waals surface area contributed by atoms with E-state index in [-0.39, 0.29) is 11.9 Å². The highest BCUT2D eigenvalue weighted by Gasteiger charge is 2.19. The van der Waals surface area contributed by atoms with Crippen LogP contribution < -0.4 is 10.6 Å². The topological polar surface area (TPSA) is 50.4 Å². The number of dihydropyridines is 1. The van der Waals surface area contributed by atoms with E-state index in [4.69, 9.17) is 4.74 Å². The molecule has 2 N–H and O–H groups in total. The van der Waals surface area contributed by atoms with Gasteiger partial charge in [-0.2, -0.15) is 0 Å². The van der Waals surface area contributed by atoms with Gasteiger partial charge >= 0.3 is 0 Å². The summed E-state index contributed by atoms with van der Waals surface area (Å²) < 4.78 is 5.26. The van der Waals surface area contributed by atoms with Gasteiger partial charge in [-0.15, -0.1) is 0 Å². The molecule has 0 unspecified atom stereocenters. The van der Waals surface area contributed by atoms with E-state index >= 15 is 0 Å². The third kappa shape index (κ3) is 2.64. The van der Waals surface area contributed by atoms with Crippen molar-refractivity contribution in [2.24, 2.45) is 0 Å². The molecule has 4 nitrogen and oxygen atoms in total. The number of rotatable bonds is 2. The second-order valence-electron chi connectivity index (χ2n) is 4.20. The summed E-state index contributed by atoms with van der Waals surface area (Å²) in [6.45, 7) is 4.17. The first-order valence-corrected chi connectivity index (χ1v) is 5.77. The lowest BCUT2D eigenvalue weighted by molar-refractivity contribution is -0.119. The van der Waals surface area contributed by atoms with E-state index in [0.717, 1.165) is 38.2 Å². The zero-order valence-corrected chi connectivity index (χ0v) is 9.58. The molecule has 4 heteroatoms. The molecule has 0 radical (unpaired) electrons. The molecule has 0 bridgehead atoms. The van der Waals surface area contributed by atoms with E-state index in [9.17, 15) is 4.79 Å². The van der Waals surface area contributed by atoms with Gasteiger partial charge in [-0.05, 0) is 25.3 Å². The highest BCUT2D eigenvalue weighted by Crippen LogP contribution is 2.10. The predicted molar refractivity (Wildman–Crippen MR) is 61.8 cm³/mol. The number of ether oxygens (including phenoxy) is 1. The van der Waals surface area contributed by atoms with Crippen molar-refractivity contribution in [2.45, 2.75) is 25.8 Å². The SMILES string of the molecule is CC1=C(C(=O)NC2CCOCC2)NCC=C1. The number of allylic oxidation sites excluding steroid dienone is 2. The molecule has 1 saturated heterocycles. The maximum absolute atomic E-state index is 12.0. The Kier molecular flexibility index (Phi) is 3.62. The molecule has 0 aromatic rings. The van der Waals surface area contributed by atoms with Crippen molar-refractivity contribution in [3.8, 4) is 0 Å². The van der Waals surface area contributed by atoms with Crippen LogP contribution >= 0.6 is 0 Å². The first-order chi connectivity index (χ1) is 7.77. The van der Waals surface area contributed by atoms with E-state index in [1.165, 1.54) is 0 Å². The second-order valence-corrected chi connectivity index (χ2v) is 4.20. The van der Waals surface area contributed by atoms with Gasteiger partial charge in [-0.1, -0.05) is 12.2 Å². The van der Waals surface area contributed by atoms with Gasteiger partial charge < -0.3 is 15.4 Å². The largest absolute Gasteiger partial charge is 0.381 e. The highest BCUT2D eigenvalue weighted by atomic mass is 16.5. The summed E-state index contributed by atoms with van der Waals surface area (Å²) in [6, 6.07) is 0.259. The molecule has 0 aliphatic carbocycles. The molecule has 0 spiro atoms. The molecule has 2 heterocycles. The average molecular weight is 222 g/mol. The fraction of sp³-hybridized carbons (Fsp3) is 0.583. The summed E-state index contributed by atoms with van der Waals surface area (Å²) in [5, 5.41) is 6.15. The van der Waals surface area contributed by atoms with Gasteiger partial charge in [-0.25, -0.2) is 0 Å². The summed E-state index contributed by atoms with van der Waals surface area (Å²) in [5.74, 6) is 0.00810. The van der Waals surface area contributed by atoms with Crippen molar-refractivity contribution in [3.05, 3.63) is 23.4 Å². The van der Waals surface area contributed by atoms with Gasteiger partial charge in [0.1, 0.15) is 5.70 Å². The molecule has 2 rings (SSSR count). The molecule has 0 aromatic carbocycles. The van der Waals surface area contributed by atoms with E-state index in [2.05, 4.69) is 10.6 Å². The van der Waals surface area contributed by atoms with Crippen LogP contribution in [0.2, 0.25) is 0 Å². The molecule has 1 fully saturated rings. The van der Waals surface area contributed by atoms with Crippen LogP contribution in [0.15, 0.2) is 23.4 Å². The summed E-state index contributed by atoms with van der Waals surface area (Å²) >= 11 is 0. The van der Waals surface area contributed by atoms with Crippen LogP contribution in [0.25, 0.3) is 0 Å². The summed E-state index contributed by atoms with van der Waals surface area (Å²) in [5.41, 5.74) is 1.70. The number of carbonyl (C=O) groups is 1. The van der Waals surface area contributed by atoms with Crippen LogP contribution in [0.3, 0.4) is 0 Å². The van der Waals surface area contributed by atoms with Crippen molar-refractivity contribution in [1.82, 2.24) is 10.6 Å². The number of nitrogens with one attached hydrogen (secondary N) is 2. The summed E-state index contributed by atoms with van der Waals surface area (Å²) in [4.78, 5) is 12.0. The van der Waals surface area contributed by atoms with Crippen LogP contribution in [0.1, 0.15) is 19.8 Å². The quantitative estimate of drug-likeness (QED) is 0.723. The van der Waals surface area contributed by atoms with E-state index in [0.29, 0.717) is 5.70 Å². The minimum absolute atomic E-state index is 0.00810. The number of amides is 1. The molecular weight excluding hydrogens is 204 g/mol. The van der Waals surface area contributed by atoms with Crippen LogP contribution in [0.5, 0.6) is 0 Å². The van der Waals surface area contributed by atoms with Crippen LogP contribution in [0.4, 0.5) is 0 Å². The van der Waals surface area contributed by atoms with Gasteiger partial charge in [0.2, 0.25) is 0 Å². The van der Waals surface area contributed by atoms with E-state index in [1.807, 2.05) is 19.1 Å². The van der Waals surface area contributed by atoms with Crippen molar-refractivity contribution < 1.29 is 9.53 Å². The first kappa shape index (κ1) is 11.2. The standard InChI is InChI=1S/C12H18N2O2/c1-9-3-2-6-13-11(9)12(15)14-10-4-7-16-8-5-10/h2-3,10,13H,4-8H2,1H3,(H,14,15). The Hall–Kier alpha value is -1.29. The Bertz CT molecular complexity index is 328. The Morgan fingerprint density at radius 1 is 1.50 bits per heavy atom. The third-order valence-electron chi connectivity index (χ3n) is 2.94. The highest BCUT2D eigenvalue weighted by molar-refractivity contribution is 5.94. The molecule has 0 saturated carbocycles. The summed E-state index contributed by atoms with van der Waals surface area (Å²) in [7, 11) is 0. The van der Waals surface area contributed by atoms with Gasteiger partial charge in [0.15, 0.2) is 0 Å². The zero-order valence-electron chi connectivity index (χ0n) is 9.58. The molecule has 2 aliphatic rings. The van der Waals surface area contributed by atoms with Gasteiger partial charge in [0.25, 0.3) is 5.91 Å². The molecule has 16 heavy (non-hydrogen) atoms. The van der Waals surface area contributed by atoms with Gasteiger partial charge in [-0.3, -0.25) is 4.79 Å². The Morgan fingerprint density at radius 2 is 2.25 bits per heavy atom. The number of carbonyl (C=O) groups excluding carboxylic acids is 1. The maximum atomic E-state index is 12.0. The van der Waals surface area contributed by atoms with E-state index < -0.39 is 0 Å². The van der Waals surface area contributed by atoms with Gasteiger partial charge in [0.05, 0.1) is 0 Å². The molecule has 1 amide bonds. The lowest BCUT2D eigenvalue weighted by atomic mass is 10.1. The van der Waals surface area contributed by atoms with Crippen LogP contribution in [-0.4, -0.2) is 31.7 Å². The smallest absolute Gasteiger partial charge is 0.267 e. The minimum Gasteiger partial charge on any atom is -0.381 e. The van der Waals surface area contributed by atoms with Gasteiger partial charge in [0, 0.05) is 25.8 Å². The Labute approximate surface area is 95.7 Å². The number of hydrogen-bond donors (Lipinski definition) is 2. The minimum atomic E-state index is 0.00810. The van der Waals surface area contributed by atoms with Crippen molar-refractivity contribution in [3.63, 3.8) is 0 Å². The molecular formula is C12H18N2O2. The zero-order chi connectivity index (χ0) is 11.4. The van der Waals surface area contributed by atoms with Crippen LogP contribution in [-0.2, 0) is 9.53 Å². The Morgan fingerprint density at radius 3 is 2.94 bits per heavy atom. The molecule has 0 aromatic heterocycles. The fourth-order valence-corrected chi connectivity index (χ4v) is 1.98. The van der Waals surface area contributed by atoms with Crippen molar-refractivity contribution in [1.29, 1.82) is 0 Å². The summed E-state index contributed by atoms with van der Waals surface area (Å²) in [6.07, 6.45) is 5.82. The molecule has 0 atom stereocenters. The second kappa shape index (κ2) is 5.16. The van der Waals surface area contributed by atoms with Crippen molar-refractivity contribution in [2.75, 3.05) is 19.8 Å². The van der Waals surface area contributed by atoms with Crippen molar-refractivity contribution >= 4 is 5.91 Å². The monoisotopic (exact) mass is 222 g/mol. The first-order valence-electron chi connectivity index (χ1n) is 5.77. The maximum Gasteiger partial charge on any atom is 0.267 e. The third-order valence-corrected chi connectivity index (χ3v) is 2.94. The lowest BCUT2D eigenvalue weighted by Crippen LogP contribution is -2.42. The predicted octanol–water partition coefficient (Wildman–Crippen LogP) is 0.715. The molecule has 88 valence electrons. The van der Waals surface area contributed by atoms with E-state index in [1.54, 1.807) is 0 Å². The average Bonchev–Trinajstić information content (AvgIpc) is 2.31. The Balaban J connectivity index is 1.94. The number of hydrogen-bond acceptors (Lipinski definition) is 3. The normalized spacial score (nSPS) is 21.8. The van der Waals surface area contributed by atoms with Crippen LogP contribution in [0, 0.1) is 0 Å². The molecule has 2 aliphatic heterocycles. The fourth-order valence-electron chi connectivity index (χ4n) is 1.98. The lowest BCUT2D eigenvalue weighted by Gasteiger charge is -2.24.